The van der Waals surface area contributed by atoms with Gasteiger partial charge in [0.25, 0.3) is 5.91 Å². The van der Waals surface area contributed by atoms with Crippen molar-refractivity contribution in [3.8, 4) is 0 Å². The van der Waals surface area contributed by atoms with Gasteiger partial charge in [-0.2, -0.15) is 0 Å². The molecule has 0 aliphatic rings. The van der Waals surface area contributed by atoms with Gasteiger partial charge >= 0.3 is 5.97 Å². The molecule has 2 aromatic carbocycles. The highest BCUT2D eigenvalue weighted by atomic mass is 16.5. The molecule has 0 radical (unpaired) electrons. The van der Waals surface area contributed by atoms with Gasteiger partial charge in [-0.05, 0) is 26.0 Å². The SMILES string of the molecule is CCOC(=O)c1ccccc1NC(=O)C[NH2+][C@@H](C)c1ccccc1. The molecule has 0 aromatic heterocycles. The van der Waals surface area contributed by atoms with Crippen LogP contribution in [0.2, 0.25) is 0 Å². The van der Waals surface area contributed by atoms with Crippen LogP contribution in [0.3, 0.4) is 0 Å². The third-order valence-electron chi connectivity index (χ3n) is 3.68. The molecule has 5 heteroatoms. The van der Waals surface area contributed by atoms with Gasteiger partial charge in [-0.25, -0.2) is 4.79 Å². The Balaban J connectivity index is 1.94. The molecule has 5 nitrogen and oxygen atoms in total. The minimum Gasteiger partial charge on any atom is -0.462 e. The topological polar surface area (TPSA) is 72.0 Å². The molecule has 0 saturated carbocycles. The van der Waals surface area contributed by atoms with Gasteiger partial charge in [-0.15, -0.1) is 0 Å². The summed E-state index contributed by atoms with van der Waals surface area (Å²) in [5.74, 6) is -0.593. The smallest absolute Gasteiger partial charge is 0.340 e. The lowest BCUT2D eigenvalue weighted by Crippen LogP contribution is -2.86. The van der Waals surface area contributed by atoms with Gasteiger partial charge in [0.2, 0.25) is 0 Å². The van der Waals surface area contributed by atoms with Gasteiger partial charge in [0.05, 0.1) is 17.9 Å². The number of hydrogen-bond donors (Lipinski definition) is 2. The van der Waals surface area contributed by atoms with Crippen LogP contribution in [0.4, 0.5) is 5.69 Å². The summed E-state index contributed by atoms with van der Waals surface area (Å²) in [6, 6.07) is 17.0. The summed E-state index contributed by atoms with van der Waals surface area (Å²) in [5, 5.41) is 4.74. The molecule has 0 aliphatic carbocycles. The first-order chi connectivity index (χ1) is 11.6. The van der Waals surface area contributed by atoms with E-state index in [0.717, 1.165) is 5.56 Å². The lowest BCUT2D eigenvalue weighted by molar-refractivity contribution is -0.682. The van der Waals surface area contributed by atoms with Crippen LogP contribution in [-0.2, 0) is 9.53 Å². The van der Waals surface area contributed by atoms with Crippen molar-refractivity contribution in [2.45, 2.75) is 19.9 Å². The van der Waals surface area contributed by atoms with Crippen LogP contribution in [0.25, 0.3) is 0 Å². The van der Waals surface area contributed by atoms with Crippen molar-refractivity contribution >= 4 is 17.6 Å². The van der Waals surface area contributed by atoms with Crippen LogP contribution >= 0.6 is 0 Å². The number of anilines is 1. The van der Waals surface area contributed by atoms with Crippen LogP contribution < -0.4 is 10.6 Å². The Kier molecular flexibility index (Phi) is 6.51. The summed E-state index contributed by atoms with van der Waals surface area (Å²) < 4.78 is 5.01. The largest absolute Gasteiger partial charge is 0.462 e. The number of para-hydroxylation sites is 1. The van der Waals surface area contributed by atoms with Crippen molar-refractivity contribution in [2.75, 3.05) is 18.5 Å². The monoisotopic (exact) mass is 327 g/mol. The summed E-state index contributed by atoms with van der Waals surface area (Å²) >= 11 is 0. The normalized spacial score (nSPS) is 11.6. The molecule has 2 aromatic rings. The number of esters is 1. The van der Waals surface area contributed by atoms with E-state index in [-0.39, 0.29) is 18.5 Å². The number of carbonyl (C=O) groups is 2. The Morgan fingerprint density at radius 1 is 1.08 bits per heavy atom. The predicted octanol–water partition coefficient (Wildman–Crippen LogP) is 2.13. The number of nitrogens with two attached hydrogens (primary N) is 1. The second kappa shape index (κ2) is 8.84. The molecular formula is C19H23N2O3+. The summed E-state index contributed by atoms with van der Waals surface area (Å²) in [5.41, 5.74) is 2.00. The highest BCUT2D eigenvalue weighted by molar-refractivity contribution is 6.01. The molecule has 24 heavy (non-hydrogen) atoms. The molecule has 0 fully saturated rings. The molecule has 0 saturated heterocycles. The van der Waals surface area contributed by atoms with Crippen molar-refractivity contribution in [1.29, 1.82) is 0 Å². The van der Waals surface area contributed by atoms with Gasteiger partial charge in [0, 0.05) is 5.56 Å². The lowest BCUT2D eigenvalue weighted by Gasteiger charge is -2.12. The van der Waals surface area contributed by atoms with Crippen molar-refractivity contribution in [3.05, 3.63) is 65.7 Å². The van der Waals surface area contributed by atoms with Crippen LogP contribution in [0.15, 0.2) is 54.6 Å². The van der Waals surface area contributed by atoms with Crippen LogP contribution in [0, 0.1) is 0 Å². The second-order valence-corrected chi connectivity index (χ2v) is 5.45. The summed E-state index contributed by atoms with van der Waals surface area (Å²) in [4.78, 5) is 24.1. The zero-order chi connectivity index (χ0) is 17.4. The zero-order valence-corrected chi connectivity index (χ0v) is 14.0. The molecule has 3 N–H and O–H groups in total. The number of hydrogen-bond acceptors (Lipinski definition) is 3. The Morgan fingerprint density at radius 2 is 1.75 bits per heavy atom. The van der Waals surface area contributed by atoms with E-state index >= 15 is 0 Å². The number of quaternary nitrogens is 1. The van der Waals surface area contributed by atoms with Gasteiger partial charge < -0.3 is 15.4 Å². The van der Waals surface area contributed by atoms with Crippen molar-refractivity contribution < 1.29 is 19.6 Å². The van der Waals surface area contributed by atoms with E-state index < -0.39 is 5.97 Å². The number of ether oxygens (including phenoxy) is 1. The van der Waals surface area contributed by atoms with Crippen LogP contribution in [0.5, 0.6) is 0 Å². The number of benzene rings is 2. The average Bonchev–Trinajstić information content (AvgIpc) is 2.61. The molecule has 0 bridgehead atoms. The van der Waals surface area contributed by atoms with Crippen molar-refractivity contribution in [3.63, 3.8) is 0 Å². The maximum Gasteiger partial charge on any atom is 0.340 e. The van der Waals surface area contributed by atoms with E-state index in [9.17, 15) is 9.59 Å². The quantitative estimate of drug-likeness (QED) is 0.765. The van der Waals surface area contributed by atoms with Gasteiger partial charge in [-0.3, -0.25) is 4.79 Å². The number of amides is 1. The highest BCUT2D eigenvalue weighted by Gasteiger charge is 2.16. The van der Waals surface area contributed by atoms with E-state index in [1.807, 2.05) is 35.6 Å². The summed E-state index contributed by atoms with van der Waals surface area (Å²) in [6.45, 7) is 4.37. The first-order valence-corrected chi connectivity index (χ1v) is 8.06. The molecular weight excluding hydrogens is 304 g/mol. The zero-order valence-electron chi connectivity index (χ0n) is 14.0. The van der Waals surface area contributed by atoms with Gasteiger partial charge in [0.1, 0.15) is 6.04 Å². The Hall–Kier alpha value is -2.66. The molecule has 0 spiro atoms. The van der Waals surface area contributed by atoms with E-state index in [1.54, 1.807) is 31.2 Å². The maximum absolute atomic E-state index is 12.2. The molecule has 0 unspecified atom stereocenters. The predicted molar refractivity (Wildman–Crippen MR) is 92.7 cm³/mol. The highest BCUT2D eigenvalue weighted by Crippen LogP contribution is 2.16. The number of carbonyl (C=O) groups excluding carboxylic acids is 2. The third kappa shape index (κ3) is 4.93. The standard InChI is InChI=1S/C19H22N2O3/c1-3-24-19(23)16-11-7-8-12-17(16)21-18(22)13-20-14(2)15-9-5-4-6-10-15/h4-12,14,20H,3,13H2,1-2H3,(H,21,22)/p+1/t14-/m0/s1. The number of rotatable bonds is 7. The Morgan fingerprint density at radius 3 is 2.46 bits per heavy atom. The Bertz CT molecular complexity index is 686. The second-order valence-electron chi connectivity index (χ2n) is 5.45. The fraction of sp³-hybridized carbons (Fsp3) is 0.263. The van der Waals surface area contributed by atoms with Crippen molar-refractivity contribution in [1.82, 2.24) is 0 Å². The maximum atomic E-state index is 12.2. The van der Waals surface area contributed by atoms with E-state index in [4.69, 9.17) is 4.74 Å². The molecule has 126 valence electrons. The lowest BCUT2D eigenvalue weighted by atomic mass is 10.1. The van der Waals surface area contributed by atoms with Crippen LogP contribution in [0.1, 0.15) is 35.8 Å². The summed E-state index contributed by atoms with van der Waals surface area (Å²) in [7, 11) is 0. The van der Waals surface area contributed by atoms with Gasteiger partial charge in [-0.1, -0.05) is 42.5 Å². The molecule has 2 rings (SSSR count). The molecule has 1 atom stereocenters. The summed E-state index contributed by atoms with van der Waals surface area (Å²) in [6.07, 6.45) is 0. The van der Waals surface area contributed by atoms with Gasteiger partial charge in [0.15, 0.2) is 6.54 Å². The molecule has 0 aliphatic heterocycles. The molecule has 0 heterocycles. The van der Waals surface area contributed by atoms with Crippen molar-refractivity contribution in [2.24, 2.45) is 0 Å². The average molecular weight is 327 g/mol. The minimum atomic E-state index is -0.435. The fourth-order valence-electron chi connectivity index (χ4n) is 2.36. The fourth-order valence-corrected chi connectivity index (χ4v) is 2.36. The molecule has 1 amide bonds. The Labute approximate surface area is 142 Å². The first-order valence-electron chi connectivity index (χ1n) is 8.06. The number of nitrogens with one attached hydrogen (secondary N) is 1. The van der Waals surface area contributed by atoms with Crippen LogP contribution in [-0.4, -0.2) is 25.0 Å². The van der Waals surface area contributed by atoms with E-state index in [1.165, 1.54) is 0 Å². The third-order valence-corrected chi connectivity index (χ3v) is 3.68. The van der Waals surface area contributed by atoms with E-state index in [0.29, 0.717) is 17.9 Å². The minimum absolute atomic E-state index is 0.158. The van der Waals surface area contributed by atoms with E-state index in [2.05, 4.69) is 12.2 Å². The first kappa shape index (κ1) is 17.7.